The Kier molecular flexibility index (Phi) is 7.00. The lowest BCUT2D eigenvalue weighted by atomic mass is 9.53. The Hall–Kier alpha value is -1.63. The molecule has 4 rings (SSSR count). The van der Waals surface area contributed by atoms with Gasteiger partial charge >= 0.3 is 27.3 Å². The average Bonchev–Trinajstić information content (AvgIpc) is 2.65. The Labute approximate surface area is 185 Å². The molecule has 0 heterocycles. The molecule has 4 saturated carbocycles. The van der Waals surface area contributed by atoms with E-state index in [0.29, 0.717) is 25.7 Å². The van der Waals surface area contributed by atoms with Crippen molar-refractivity contribution in [1.29, 1.82) is 0 Å². The Morgan fingerprint density at radius 1 is 1.19 bits per heavy atom. The van der Waals surface area contributed by atoms with Crippen molar-refractivity contribution in [1.82, 2.24) is 0 Å². The Bertz CT molecular complexity index is 856. The van der Waals surface area contributed by atoms with Gasteiger partial charge in [-0.15, -0.1) is 0 Å². The van der Waals surface area contributed by atoms with E-state index in [1.54, 1.807) is 6.92 Å². The third-order valence-corrected chi connectivity index (χ3v) is 7.18. The van der Waals surface area contributed by atoms with Crippen molar-refractivity contribution in [2.75, 3.05) is 13.2 Å². The average molecular weight is 482 g/mol. The predicted octanol–water partition coefficient (Wildman–Crippen LogP) is 2.46. The molecule has 0 radical (unpaired) electrons. The first-order valence-electron chi connectivity index (χ1n) is 10.4. The minimum atomic E-state index is -5.91. The van der Waals surface area contributed by atoms with Crippen LogP contribution in [0, 0.1) is 17.8 Å². The fraction of sp³-hybridized carbons (Fsp3) is 0.800. The van der Waals surface area contributed by atoms with Crippen molar-refractivity contribution in [3.05, 3.63) is 12.2 Å². The van der Waals surface area contributed by atoms with Gasteiger partial charge in [-0.1, -0.05) is 6.58 Å². The summed E-state index contributed by atoms with van der Waals surface area (Å²) in [6, 6.07) is 0. The van der Waals surface area contributed by atoms with Gasteiger partial charge < -0.3 is 18.9 Å². The minimum absolute atomic E-state index is 0.0419. The summed E-state index contributed by atoms with van der Waals surface area (Å²) in [5.74, 6) is -3.01. The number of alkyl halides is 2. The van der Waals surface area contributed by atoms with Gasteiger partial charge in [0.05, 0.1) is 12.2 Å². The number of hydrogen-bond acceptors (Lipinski definition) is 8. The highest BCUT2D eigenvalue weighted by molar-refractivity contribution is 7.87. The summed E-state index contributed by atoms with van der Waals surface area (Å²) in [5.41, 5.74) is -0.272. The summed E-state index contributed by atoms with van der Waals surface area (Å²) in [6.45, 7) is 6.90. The van der Waals surface area contributed by atoms with E-state index >= 15 is 0 Å². The summed E-state index contributed by atoms with van der Waals surface area (Å²) >= 11 is 0. The van der Waals surface area contributed by atoms with Gasteiger partial charge in [-0.05, 0) is 63.7 Å². The maximum Gasteiger partial charge on any atom is 0.465 e. The van der Waals surface area contributed by atoms with Crippen molar-refractivity contribution in [3.8, 4) is 0 Å². The van der Waals surface area contributed by atoms with Crippen molar-refractivity contribution in [2.24, 2.45) is 17.8 Å². The molecule has 4 fully saturated rings. The van der Waals surface area contributed by atoms with Crippen LogP contribution in [0.4, 0.5) is 8.78 Å². The zero-order chi connectivity index (χ0) is 23.9. The molecule has 12 heteroatoms. The van der Waals surface area contributed by atoms with Crippen LogP contribution in [0.2, 0.25) is 0 Å². The van der Waals surface area contributed by atoms with Gasteiger partial charge in [-0.2, -0.15) is 17.2 Å². The van der Waals surface area contributed by atoms with Crippen LogP contribution in [0.5, 0.6) is 0 Å². The molecular formula is C20H28F2O9S. The van der Waals surface area contributed by atoms with Gasteiger partial charge in [0.25, 0.3) is 0 Å². The molecular weight excluding hydrogens is 454 g/mol. The zero-order valence-electron chi connectivity index (χ0n) is 17.9. The lowest BCUT2D eigenvalue weighted by Gasteiger charge is -2.59. The van der Waals surface area contributed by atoms with E-state index in [1.165, 1.54) is 6.92 Å². The molecule has 0 spiro atoms. The standard InChI is InChI=1S/C20H28F2O9S/c1-11(2)17(23)29-5-4-28-12(3)31-19-8-13-6-14(9-19)16(15(7-13)10-19)30-18(24)20(21,22)32(25,26)27/h12-16H,1,4-10H2,2-3H3,(H,25,26,27). The largest absolute Gasteiger partial charge is 0.465 e. The van der Waals surface area contributed by atoms with Crippen molar-refractivity contribution in [3.63, 3.8) is 0 Å². The summed E-state index contributed by atoms with van der Waals surface area (Å²) in [6.07, 6.45) is 1.51. The normalized spacial score (nSPS) is 32.4. The monoisotopic (exact) mass is 482 g/mol. The van der Waals surface area contributed by atoms with Gasteiger partial charge in [0.1, 0.15) is 12.7 Å². The van der Waals surface area contributed by atoms with E-state index < -0.39 is 45.3 Å². The molecule has 3 unspecified atom stereocenters. The molecule has 0 amide bonds. The van der Waals surface area contributed by atoms with Crippen LogP contribution in [0.1, 0.15) is 46.0 Å². The van der Waals surface area contributed by atoms with Crippen LogP contribution in [0.15, 0.2) is 12.2 Å². The van der Waals surface area contributed by atoms with E-state index in [-0.39, 0.29) is 36.5 Å². The second-order valence-electron chi connectivity index (χ2n) is 8.99. The van der Waals surface area contributed by atoms with Gasteiger partial charge in [-0.25, -0.2) is 9.59 Å². The summed E-state index contributed by atoms with van der Waals surface area (Å²) < 4.78 is 79.2. The number of rotatable bonds is 10. The molecule has 0 aromatic rings. The highest BCUT2D eigenvalue weighted by Gasteiger charge is 2.61. The molecule has 0 aromatic heterocycles. The van der Waals surface area contributed by atoms with Crippen LogP contribution in [0.25, 0.3) is 0 Å². The Balaban J connectivity index is 1.56. The number of ether oxygens (including phenoxy) is 4. The SMILES string of the molecule is C=C(C)C(=O)OCCOC(C)OC12CC3CC(C1)C(OC(=O)C(F)(F)S(=O)(=O)O)C(C3)C2. The van der Waals surface area contributed by atoms with Gasteiger partial charge in [-0.3, -0.25) is 4.55 Å². The predicted molar refractivity (Wildman–Crippen MR) is 105 cm³/mol. The summed E-state index contributed by atoms with van der Waals surface area (Å²) in [4.78, 5) is 23.2. The smallest absolute Gasteiger partial charge is 0.460 e. The van der Waals surface area contributed by atoms with E-state index in [9.17, 15) is 26.8 Å². The molecule has 9 nitrogen and oxygen atoms in total. The van der Waals surface area contributed by atoms with E-state index in [4.69, 9.17) is 23.5 Å². The lowest BCUT2D eigenvalue weighted by molar-refractivity contribution is -0.270. The van der Waals surface area contributed by atoms with Crippen LogP contribution >= 0.6 is 0 Å². The number of halogens is 2. The van der Waals surface area contributed by atoms with Gasteiger partial charge in [0, 0.05) is 5.57 Å². The molecule has 3 atom stereocenters. The van der Waals surface area contributed by atoms with Gasteiger partial charge in [0.15, 0.2) is 6.29 Å². The van der Waals surface area contributed by atoms with Crippen molar-refractivity contribution in [2.45, 2.75) is 69.2 Å². The first-order valence-corrected chi connectivity index (χ1v) is 11.9. The van der Waals surface area contributed by atoms with E-state index in [2.05, 4.69) is 6.58 Å². The van der Waals surface area contributed by atoms with Crippen molar-refractivity contribution < 1.29 is 50.3 Å². The third-order valence-electron chi connectivity index (χ3n) is 6.37. The number of carbonyl (C=O) groups is 2. The fourth-order valence-corrected chi connectivity index (χ4v) is 5.65. The molecule has 32 heavy (non-hydrogen) atoms. The fourth-order valence-electron chi connectivity index (χ4n) is 5.40. The molecule has 0 aliphatic heterocycles. The van der Waals surface area contributed by atoms with E-state index in [1.807, 2.05) is 0 Å². The maximum absolute atomic E-state index is 13.6. The lowest BCUT2D eigenvalue weighted by Crippen LogP contribution is -2.60. The van der Waals surface area contributed by atoms with Crippen molar-refractivity contribution >= 4 is 22.1 Å². The highest BCUT2D eigenvalue weighted by atomic mass is 32.2. The molecule has 182 valence electrons. The van der Waals surface area contributed by atoms with Crippen LogP contribution in [0.3, 0.4) is 0 Å². The van der Waals surface area contributed by atoms with Crippen LogP contribution in [-0.2, 0) is 38.7 Å². The number of carbonyl (C=O) groups excluding carboxylic acids is 2. The Morgan fingerprint density at radius 2 is 1.78 bits per heavy atom. The number of esters is 2. The first kappa shape index (κ1) is 25.0. The summed E-state index contributed by atoms with van der Waals surface area (Å²) in [5, 5.41) is -5.01. The molecule has 0 aromatic carbocycles. The molecule has 4 bridgehead atoms. The molecule has 4 aliphatic rings. The minimum Gasteiger partial charge on any atom is -0.460 e. The number of hydrogen-bond donors (Lipinski definition) is 1. The molecule has 1 N–H and O–H groups in total. The third kappa shape index (κ3) is 5.13. The van der Waals surface area contributed by atoms with Crippen LogP contribution < -0.4 is 0 Å². The van der Waals surface area contributed by atoms with E-state index in [0.717, 1.165) is 6.42 Å². The zero-order valence-corrected chi connectivity index (χ0v) is 18.7. The topological polar surface area (TPSA) is 125 Å². The van der Waals surface area contributed by atoms with Gasteiger partial charge in [0.2, 0.25) is 0 Å². The molecule has 4 aliphatic carbocycles. The second kappa shape index (κ2) is 8.96. The molecule has 0 saturated heterocycles. The Morgan fingerprint density at radius 3 is 2.31 bits per heavy atom. The summed E-state index contributed by atoms with van der Waals surface area (Å²) in [7, 11) is -5.91. The van der Waals surface area contributed by atoms with Crippen LogP contribution in [-0.4, -0.2) is 61.4 Å². The second-order valence-corrected chi connectivity index (χ2v) is 10.5. The first-order chi connectivity index (χ1) is 14.7. The highest BCUT2D eigenvalue weighted by Crippen LogP contribution is 2.58. The quantitative estimate of drug-likeness (QED) is 0.164. The maximum atomic E-state index is 13.6.